The summed E-state index contributed by atoms with van der Waals surface area (Å²) in [7, 11) is 1.53. The zero-order valence-corrected chi connectivity index (χ0v) is 15.4. The second kappa shape index (κ2) is 6.54. The highest BCUT2D eigenvalue weighted by Crippen LogP contribution is 2.43. The summed E-state index contributed by atoms with van der Waals surface area (Å²) in [6.07, 6.45) is -3.86. The number of hydrogen-bond donors (Lipinski definition) is 1. The van der Waals surface area contributed by atoms with Gasteiger partial charge in [0.05, 0.1) is 29.4 Å². The van der Waals surface area contributed by atoms with Crippen LogP contribution in [0, 0.1) is 0 Å². The first-order chi connectivity index (χ1) is 13.3. The van der Waals surface area contributed by atoms with Gasteiger partial charge in [0.2, 0.25) is 11.8 Å². The van der Waals surface area contributed by atoms with Gasteiger partial charge in [-0.3, -0.25) is 4.79 Å². The first-order valence-corrected chi connectivity index (χ1v) is 8.80. The zero-order valence-electron chi connectivity index (χ0n) is 15.4. The van der Waals surface area contributed by atoms with Crippen molar-refractivity contribution in [3.63, 3.8) is 0 Å². The monoisotopic (exact) mass is 389 g/mol. The lowest BCUT2D eigenvalue weighted by molar-refractivity contribution is -0.137. The van der Waals surface area contributed by atoms with Gasteiger partial charge in [0.25, 0.3) is 0 Å². The lowest BCUT2D eigenvalue weighted by Crippen LogP contribution is -2.22. The number of rotatable bonds is 4. The molecule has 0 atom stereocenters. The van der Waals surface area contributed by atoms with Crippen LogP contribution >= 0.6 is 0 Å². The number of aromatic nitrogens is 2. The maximum Gasteiger partial charge on any atom is 0.416 e. The molecule has 0 radical (unpaired) electrons. The average molecular weight is 389 g/mol. The highest BCUT2D eigenvalue weighted by atomic mass is 19.4. The van der Waals surface area contributed by atoms with Gasteiger partial charge in [0.15, 0.2) is 0 Å². The lowest BCUT2D eigenvalue weighted by atomic mass is 9.99. The molecule has 0 aliphatic carbocycles. The quantitative estimate of drug-likeness (QED) is 0.578. The summed E-state index contributed by atoms with van der Waals surface area (Å²) < 4.78 is 46.5. The number of nitrogens with one attached hydrogen (secondary N) is 1. The molecule has 1 N–H and O–H groups in total. The smallest absolute Gasteiger partial charge is 0.416 e. The highest BCUT2D eigenvalue weighted by Gasteiger charge is 2.33. The molecule has 1 aliphatic rings. The van der Waals surface area contributed by atoms with E-state index in [9.17, 15) is 18.0 Å². The predicted octanol–water partition coefficient (Wildman–Crippen LogP) is 3.77. The largest absolute Gasteiger partial charge is 0.481 e. The van der Waals surface area contributed by atoms with E-state index in [0.29, 0.717) is 31.0 Å². The summed E-state index contributed by atoms with van der Waals surface area (Å²) in [6, 6.07) is 7.44. The number of carbonyl (C=O) groups is 1. The number of alkyl halides is 3. The standard InChI is InChI=1S/C20H18F3N3O2/c1-11(27)24-8-7-15-18-16(5-6-17(25-18)28-2)26-10-12-9-13(20(21,22)23)3-4-14(12)19(15)26/h3-6,9H,7-8,10H2,1-2H3,(H,24,27). The van der Waals surface area contributed by atoms with Crippen molar-refractivity contribution in [2.75, 3.05) is 13.7 Å². The van der Waals surface area contributed by atoms with E-state index >= 15 is 0 Å². The van der Waals surface area contributed by atoms with Gasteiger partial charge >= 0.3 is 6.18 Å². The molecular formula is C20H18F3N3O2. The van der Waals surface area contributed by atoms with Crippen LogP contribution in [0.4, 0.5) is 13.2 Å². The Morgan fingerprint density at radius 3 is 2.75 bits per heavy atom. The fourth-order valence-electron chi connectivity index (χ4n) is 3.76. The van der Waals surface area contributed by atoms with Crippen molar-refractivity contribution in [1.29, 1.82) is 0 Å². The Kier molecular flexibility index (Phi) is 4.28. The number of pyridine rings is 1. The number of amides is 1. The molecule has 0 spiro atoms. The number of ether oxygens (including phenoxy) is 1. The highest BCUT2D eigenvalue weighted by molar-refractivity contribution is 5.92. The summed E-state index contributed by atoms with van der Waals surface area (Å²) in [5, 5.41) is 2.77. The summed E-state index contributed by atoms with van der Waals surface area (Å²) in [5.41, 5.74) is 4.06. The van der Waals surface area contributed by atoms with Gasteiger partial charge in [0.1, 0.15) is 0 Å². The van der Waals surface area contributed by atoms with Crippen molar-refractivity contribution >= 4 is 16.9 Å². The molecule has 28 heavy (non-hydrogen) atoms. The summed E-state index contributed by atoms with van der Waals surface area (Å²) in [6.45, 7) is 2.20. The van der Waals surface area contributed by atoms with Crippen molar-refractivity contribution in [1.82, 2.24) is 14.9 Å². The molecule has 1 aromatic carbocycles. The second-order valence-corrected chi connectivity index (χ2v) is 6.74. The fraction of sp³-hybridized carbons (Fsp3) is 0.300. The van der Waals surface area contributed by atoms with Gasteiger partial charge in [0, 0.05) is 37.2 Å². The van der Waals surface area contributed by atoms with Crippen LogP contribution in [0.1, 0.15) is 23.6 Å². The van der Waals surface area contributed by atoms with Crippen LogP contribution in [0.15, 0.2) is 30.3 Å². The minimum atomic E-state index is -4.38. The van der Waals surface area contributed by atoms with Gasteiger partial charge in [-0.05, 0) is 30.2 Å². The molecule has 5 nitrogen and oxygen atoms in total. The third-order valence-corrected chi connectivity index (χ3v) is 4.96. The molecule has 0 unspecified atom stereocenters. The van der Waals surface area contributed by atoms with Crippen molar-refractivity contribution < 1.29 is 22.7 Å². The molecule has 1 aliphatic heterocycles. The first kappa shape index (κ1) is 18.3. The fourth-order valence-corrected chi connectivity index (χ4v) is 3.76. The number of benzene rings is 1. The average Bonchev–Trinajstić information content (AvgIpc) is 3.15. The molecule has 0 fully saturated rings. The third kappa shape index (κ3) is 2.98. The van der Waals surface area contributed by atoms with Crippen molar-refractivity contribution in [2.45, 2.75) is 26.1 Å². The number of methoxy groups -OCH3 is 1. The molecule has 0 bridgehead atoms. The van der Waals surface area contributed by atoms with E-state index in [1.54, 1.807) is 6.07 Å². The molecule has 8 heteroatoms. The minimum absolute atomic E-state index is 0.138. The summed E-state index contributed by atoms with van der Waals surface area (Å²) in [5.74, 6) is 0.325. The molecule has 3 heterocycles. The number of hydrogen-bond acceptors (Lipinski definition) is 3. The van der Waals surface area contributed by atoms with E-state index in [1.807, 2.05) is 10.6 Å². The molecule has 146 valence electrons. The third-order valence-electron chi connectivity index (χ3n) is 4.96. The van der Waals surface area contributed by atoms with E-state index in [2.05, 4.69) is 10.3 Å². The molecule has 0 saturated carbocycles. The topological polar surface area (TPSA) is 56.1 Å². The Hall–Kier alpha value is -3.03. The van der Waals surface area contributed by atoms with Crippen LogP contribution in [0.25, 0.3) is 22.3 Å². The first-order valence-electron chi connectivity index (χ1n) is 8.80. The maximum atomic E-state index is 13.1. The Morgan fingerprint density at radius 1 is 1.29 bits per heavy atom. The van der Waals surface area contributed by atoms with Crippen molar-refractivity contribution in [3.8, 4) is 17.1 Å². The Labute approximate surface area is 159 Å². The van der Waals surface area contributed by atoms with Crippen molar-refractivity contribution in [2.24, 2.45) is 0 Å². The normalized spacial score (nSPS) is 12.8. The van der Waals surface area contributed by atoms with Crippen LogP contribution in [0.3, 0.4) is 0 Å². The van der Waals surface area contributed by atoms with Gasteiger partial charge in [-0.1, -0.05) is 6.07 Å². The predicted molar refractivity (Wildman–Crippen MR) is 98.2 cm³/mol. The number of nitrogens with zero attached hydrogens (tertiary/aromatic N) is 2. The Balaban J connectivity index is 1.86. The molecule has 1 amide bonds. The SMILES string of the molecule is COc1ccc2c(n1)c(CCNC(C)=O)c1n2Cc2cc(C(F)(F)F)ccc2-1. The van der Waals surface area contributed by atoms with Gasteiger partial charge in [-0.15, -0.1) is 0 Å². The Bertz CT molecular complexity index is 1090. The van der Waals surface area contributed by atoms with E-state index in [-0.39, 0.29) is 5.91 Å². The summed E-state index contributed by atoms with van der Waals surface area (Å²) in [4.78, 5) is 15.8. The van der Waals surface area contributed by atoms with Crippen LogP contribution in [0.2, 0.25) is 0 Å². The van der Waals surface area contributed by atoms with Gasteiger partial charge in [-0.2, -0.15) is 13.2 Å². The van der Waals surface area contributed by atoms with Gasteiger partial charge < -0.3 is 14.6 Å². The van der Waals surface area contributed by atoms with E-state index in [4.69, 9.17) is 4.74 Å². The maximum absolute atomic E-state index is 13.1. The van der Waals surface area contributed by atoms with E-state index in [0.717, 1.165) is 33.9 Å². The molecule has 3 aromatic rings. The zero-order chi connectivity index (χ0) is 20.1. The molecule has 4 rings (SSSR count). The number of carbonyl (C=O) groups excluding carboxylic acids is 1. The van der Waals surface area contributed by atoms with E-state index in [1.165, 1.54) is 26.2 Å². The van der Waals surface area contributed by atoms with Crippen LogP contribution in [-0.2, 0) is 23.9 Å². The van der Waals surface area contributed by atoms with Crippen LogP contribution < -0.4 is 10.1 Å². The second-order valence-electron chi connectivity index (χ2n) is 6.74. The van der Waals surface area contributed by atoms with Crippen LogP contribution in [-0.4, -0.2) is 29.1 Å². The van der Waals surface area contributed by atoms with E-state index < -0.39 is 11.7 Å². The molecule has 2 aromatic heterocycles. The Morgan fingerprint density at radius 2 is 2.07 bits per heavy atom. The molecule has 0 saturated heterocycles. The number of fused-ring (bicyclic) bond motifs is 5. The van der Waals surface area contributed by atoms with Gasteiger partial charge in [-0.25, -0.2) is 4.98 Å². The minimum Gasteiger partial charge on any atom is -0.481 e. The van der Waals surface area contributed by atoms with Crippen molar-refractivity contribution in [3.05, 3.63) is 47.0 Å². The lowest BCUT2D eigenvalue weighted by Gasteiger charge is -2.10. The number of halogens is 3. The molecular weight excluding hydrogens is 371 g/mol. The summed E-state index contributed by atoms with van der Waals surface area (Å²) >= 11 is 0. The van der Waals surface area contributed by atoms with Crippen LogP contribution in [0.5, 0.6) is 5.88 Å².